The van der Waals surface area contributed by atoms with Crippen molar-refractivity contribution in [3.8, 4) is 0 Å². The Morgan fingerprint density at radius 3 is 2.52 bits per heavy atom. The smallest absolute Gasteiger partial charge is 0.191 e. The van der Waals surface area contributed by atoms with Crippen molar-refractivity contribution in [3.05, 3.63) is 42.0 Å². The van der Waals surface area contributed by atoms with Gasteiger partial charge in [-0.05, 0) is 37.6 Å². The Kier molecular flexibility index (Phi) is 7.99. The molecule has 27 heavy (non-hydrogen) atoms. The first-order valence-electron chi connectivity index (χ1n) is 10.2. The van der Waals surface area contributed by atoms with Crippen LogP contribution in [0, 0.1) is 0 Å². The van der Waals surface area contributed by atoms with E-state index in [0.29, 0.717) is 6.54 Å². The van der Waals surface area contributed by atoms with Gasteiger partial charge in [-0.25, -0.2) is 4.99 Å². The molecule has 0 bridgehead atoms. The summed E-state index contributed by atoms with van der Waals surface area (Å²) in [6, 6.07) is 8.75. The van der Waals surface area contributed by atoms with E-state index in [9.17, 15) is 0 Å². The third-order valence-corrected chi connectivity index (χ3v) is 4.93. The highest BCUT2D eigenvalue weighted by molar-refractivity contribution is 5.79. The molecule has 1 aromatic carbocycles. The quantitative estimate of drug-likeness (QED) is 0.316. The van der Waals surface area contributed by atoms with Gasteiger partial charge in [0, 0.05) is 45.0 Å². The Hall–Kier alpha value is -2.05. The zero-order valence-electron chi connectivity index (χ0n) is 16.5. The molecular formula is C21H33N5O. The Bertz CT molecular complexity index is 600. The van der Waals surface area contributed by atoms with Gasteiger partial charge in [0.15, 0.2) is 5.96 Å². The summed E-state index contributed by atoms with van der Waals surface area (Å²) < 4.78 is 5.39. The summed E-state index contributed by atoms with van der Waals surface area (Å²) >= 11 is 0. The molecule has 0 spiro atoms. The molecule has 1 fully saturated rings. The van der Waals surface area contributed by atoms with Crippen LogP contribution in [0.1, 0.15) is 18.9 Å². The van der Waals surface area contributed by atoms with Crippen LogP contribution >= 0.6 is 0 Å². The number of morpholine rings is 1. The van der Waals surface area contributed by atoms with E-state index in [0.717, 1.165) is 71.4 Å². The van der Waals surface area contributed by atoms with Crippen LogP contribution < -0.4 is 15.5 Å². The largest absolute Gasteiger partial charge is 0.379 e. The number of hydrogen-bond donors (Lipinski definition) is 2. The number of guanidine groups is 1. The van der Waals surface area contributed by atoms with E-state index in [1.54, 1.807) is 0 Å². The molecule has 0 aromatic heterocycles. The molecule has 0 atom stereocenters. The zero-order chi connectivity index (χ0) is 18.7. The van der Waals surface area contributed by atoms with Crippen LogP contribution in [-0.4, -0.2) is 69.9 Å². The molecule has 2 N–H and O–H groups in total. The number of aliphatic imine (C=N–C) groups is 1. The van der Waals surface area contributed by atoms with E-state index in [-0.39, 0.29) is 0 Å². The SMILES string of the molecule is CCNC(=NCc1ccc(N2CC=CC2)cc1)NCCCN1CCOCC1. The molecule has 1 aromatic rings. The molecule has 2 aliphatic rings. The normalized spacial score (nSPS) is 18.1. The van der Waals surface area contributed by atoms with Gasteiger partial charge in [-0.2, -0.15) is 0 Å². The van der Waals surface area contributed by atoms with Crippen LogP contribution in [-0.2, 0) is 11.3 Å². The lowest BCUT2D eigenvalue weighted by Crippen LogP contribution is -2.40. The summed E-state index contributed by atoms with van der Waals surface area (Å²) in [5, 5.41) is 6.79. The molecule has 2 heterocycles. The molecule has 0 unspecified atom stereocenters. The number of anilines is 1. The van der Waals surface area contributed by atoms with Gasteiger partial charge in [-0.15, -0.1) is 0 Å². The van der Waals surface area contributed by atoms with Gasteiger partial charge in [0.25, 0.3) is 0 Å². The summed E-state index contributed by atoms with van der Waals surface area (Å²) in [5.74, 6) is 0.896. The van der Waals surface area contributed by atoms with Crippen molar-refractivity contribution in [2.75, 3.05) is 63.9 Å². The highest BCUT2D eigenvalue weighted by Gasteiger charge is 2.09. The average Bonchev–Trinajstić information content (AvgIpc) is 3.25. The fourth-order valence-corrected chi connectivity index (χ4v) is 3.35. The van der Waals surface area contributed by atoms with Gasteiger partial charge in [0.2, 0.25) is 0 Å². The second-order valence-corrected chi connectivity index (χ2v) is 6.97. The Labute approximate surface area is 163 Å². The van der Waals surface area contributed by atoms with E-state index in [4.69, 9.17) is 9.73 Å². The molecule has 0 aliphatic carbocycles. The number of hydrogen-bond acceptors (Lipinski definition) is 4. The highest BCUT2D eigenvalue weighted by atomic mass is 16.5. The monoisotopic (exact) mass is 371 g/mol. The topological polar surface area (TPSA) is 52.1 Å². The fourth-order valence-electron chi connectivity index (χ4n) is 3.35. The fraction of sp³-hybridized carbons (Fsp3) is 0.571. The summed E-state index contributed by atoms with van der Waals surface area (Å²) in [6.07, 6.45) is 5.54. The first-order chi connectivity index (χ1) is 13.3. The van der Waals surface area contributed by atoms with Crippen molar-refractivity contribution in [2.24, 2.45) is 4.99 Å². The summed E-state index contributed by atoms with van der Waals surface area (Å²) in [6.45, 7) is 11.6. The minimum atomic E-state index is 0.692. The number of nitrogens with zero attached hydrogens (tertiary/aromatic N) is 3. The van der Waals surface area contributed by atoms with E-state index in [1.807, 2.05) is 0 Å². The van der Waals surface area contributed by atoms with Crippen molar-refractivity contribution >= 4 is 11.6 Å². The van der Waals surface area contributed by atoms with Crippen LogP contribution in [0.2, 0.25) is 0 Å². The summed E-state index contributed by atoms with van der Waals surface area (Å²) in [5.41, 5.74) is 2.51. The van der Waals surface area contributed by atoms with Gasteiger partial charge in [0.1, 0.15) is 0 Å². The van der Waals surface area contributed by atoms with Crippen molar-refractivity contribution in [1.82, 2.24) is 15.5 Å². The van der Waals surface area contributed by atoms with Gasteiger partial charge < -0.3 is 20.3 Å². The van der Waals surface area contributed by atoms with Crippen molar-refractivity contribution < 1.29 is 4.74 Å². The number of rotatable bonds is 8. The minimum Gasteiger partial charge on any atom is -0.379 e. The maximum atomic E-state index is 5.39. The molecule has 6 heteroatoms. The van der Waals surface area contributed by atoms with E-state index in [2.05, 4.69) is 63.8 Å². The molecule has 2 aliphatic heterocycles. The second kappa shape index (κ2) is 10.9. The molecular weight excluding hydrogens is 338 g/mol. The number of nitrogens with one attached hydrogen (secondary N) is 2. The Morgan fingerprint density at radius 1 is 1.07 bits per heavy atom. The molecule has 148 valence electrons. The van der Waals surface area contributed by atoms with E-state index >= 15 is 0 Å². The first kappa shape index (κ1) is 19.7. The molecule has 1 saturated heterocycles. The van der Waals surface area contributed by atoms with Gasteiger partial charge >= 0.3 is 0 Å². The molecule has 0 radical (unpaired) electrons. The Morgan fingerprint density at radius 2 is 1.81 bits per heavy atom. The molecule has 6 nitrogen and oxygen atoms in total. The third kappa shape index (κ3) is 6.56. The first-order valence-corrected chi connectivity index (χ1v) is 10.2. The zero-order valence-corrected chi connectivity index (χ0v) is 16.5. The second-order valence-electron chi connectivity index (χ2n) is 6.97. The predicted molar refractivity (Wildman–Crippen MR) is 112 cm³/mol. The average molecular weight is 372 g/mol. The van der Waals surface area contributed by atoms with Gasteiger partial charge in [-0.1, -0.05) is 24.3 Å². The highest BCUT2D eigenvalue weighted by Crippen LogP contribution is 2.17. The predicted octanol–water partition coefficient (Wildman–Crippen LogP) is 1.84. The van der Waals surface area contributed by atoms with Gasteiger partial charge in [-0.3, -0.25) is 4.90 Å². The van der Waals surface area contributed by atoms with Crippen LogP contribution in [0.25, 0.3) is 0 Å². The van der Waals surface area contributed by atoms with Crippen LogP contribution in [0.15, 0.2) is 41.4 Å². The number of ether oxygens (including phenoxy) is 1. The van der Waals surface area contributed by atoms with Crippen LogP contribution in [0.4, 0.5) is 5.69 Å². The lowest BCUT2D eigenvalue weighted by atomic mass is 10.2. The summed E-state index contributed by atoms with van der Waals surface area (Å²) in [7, 11) is 0. The molecule has 3 rings (SSSR count). The maximum absolute atomic E-state index is 5.39. The van der Waals surface area contributed by atoms with Gasteiger partial charge in [0.05, 0.1) is 19.8 Å². The third-order valence-electron chi connectivity index (χ3n) is 4.93. The van der Waals surface area contributed by atoms with E-state index in [1.165, 1.54) is 11.3 Å². The van der Waals surface area contributed by atoms with Crippen LogP contribution in [0.5, 0.6) is 0 Å². The van der Waals surface area contributed by atoms with Crippen molar-refractivity contribution in [2.45, 2.75) is 19.9 Å². The molecule has 0 saturated carbocycles. The van der Waals surface area contributed by atoms with E-state index < -0.39 is 0 Å². The maximum Gasteiger partial charge on any atom is 0.191 e. The Balaban J connectivity index is 1.42. The number of benzene rings is 1. The lowest BCUT2D eigenvalue weighted by molar-refractivity contribution is 0.0376. The van der Waals surface area contributed by atoms with Crippen LogP contribution in [0.3, 0.4) is 0 Å². The lowest BCUT2D eigenvalue weighted by Gasteiger charge is -2.26. The summed E-state index contributed by atoms with van der Waals surface area (Å²) in [4.78, 5) is 9.55. The molecule has 0 amide bonds. The minimum absolute atomic E-state index is 0.692. The van der Waals surface area contributed by atoms with Crippen molar-refractivity contribution in [3.63, 3.8) is 0 Å². The van der Waals surface area contributed by atoms with Crippen molar-refractivity contribution in [1.29, 1.82) is 0 Å². The standard InChI is InChI=1S/C21H33N5O/c1-2-22-21(23-10-5-11-25-14-16-27-17-15-25)24-18-19-6-8-20(9-7-19)26-12-3-4-13-26/h3-4,6-9H,2,5,10-18H2,1H3,(H2,22,23,24).